The smallest absolute Gasteiger partial charge is 0.272 e. The molecule has 1 amide bonds. The first-order valence-electron chi connectivity index (χ1n) is 11.5. The molecular formula is C26H30N4O4. The second-order valence-electron chi connectivity index (χ2n) is 8.20. The van der Waals surface area contributed by atoms with Crippen LogP contribution in [0.2, 0.25) is 0 Å². The zero-order valence-electron chi connectivity index (χ0n) is 19.6. The van der Waals surface area contributed by atoms with Crippen molar-refractivity contribution in [2.45, 2.75) is 32.1 Å². The molecule has 8 nitrogen and oxygen atoms in total. The molecule has 1 aliphatic rings. The molecular weight excluding hydrogens is 432 g/mol. The number of anilines is 1. The number of nitrogens with zero attached hydrogens (tertiary/aromatic N) is 3. The van der Waals surface area contributed by atoms with E-state index in [1.54, 1.807) is 25.4 Å². The number of methoxy groups -OCH3 is 1. The molecule has 4 rings (SSSR count). The molecule has 0 atom stereocenters. The number of rotatable bonds is 8. The molecule has 2 aromatic heterocycles. The lowest BCUT2D eigenvalue weighted by Gasteiger charge is -2.32. The van der Waals surface area contributed by atoms with Gasteiger partial charge < -0.3 is 24.8 Å². The summed E-state index contributed by atoms with van der Waals surface area (Å²) in [7, 11) is 1.55. The summed E-state index contributed by atoms with van der Waals surface area (Å²) < 4.78 is 17.2. The maximum absolute atomic E-state index is 13.1. The molecule has 0 bridgehead atoms. The number of nitrogen functional groups attached to an aromatic ring is 1. The molecule has 3 aromatic rings. The third-order valence-electron chi connectivity index (χ3n) is 5.84. The number of likely N-dealkylation sites (tertiary alicyclic amines) is 1. The van der Waals surface area contributed by atoms with Gasteiger partial charge in [-0.1, -0.05) is 25.1 Å². The van der Waals surface area contributed by atoms with Crippen molar-refractivity contribution in [1.82, 2.24) is 14.9 Å². The first-order chi connectivity index (χ1) is 16.6. The minimum atomic E-state index is -0.124. The van der Waals surface area contributed by atoms with Crippen LogP contribution in [0.4, 0.5) is 5.82 Å². The van der Waals surface area contributed by atoms with E-state index in [1.165, 1.54) is 6.20 Å². The van der Waals surface area contributed by atoms with E-state index in [1.807, 2.05) is 35.2 Å². The van der Waals surface area contributed by atoms with Crippen molar-refractivity contribution >= 4 is 11.7 Å². The van der Waals surface area contributed by atoms with Gasteiger partial charge in [0.1, 0.15) is 23.0 Å². The number of hydrogen-bond donors (Lipinski definition) is 1. The van der Waals surface area contributed by atoms with Gasteiger partial charge in [-0.15, -0.1) is 0 Å². The lowest BCUT2D eigenvalue weighted by Crippen LogP contribution is -2.38. The van der Waals surface area contributed by atoms with Crippen molar-refractivity contribution < 1.29 is 19.0 Å². The molecule has 0 spiro atoms. The highest BCUT2D eigenvalue weighted by Gasteiger charge is 2.28. The molecule has 178 valence electrons. The highest BCUT2D eigenvalue weighted by atomic mass is 16.5. The number of ether oxygens (including phenoxy) is 3. The quantitative estimate of drug-likeness (QED) is 0.519. The highest BCUT2D eigenvalue weighted by Crippen LogP contribution is 2.36. The van der Waals surface area contributed by atoms with Crippen LogP contribution in [0, 0.1) is 0 Å². The molecule has 1 saturated heterocycles. The number of hydrogen-bond acceptors (Lipinski definition) is 7. The SMILES string of the molecule is CCCOc1cc(N)ncc1C1CCN(C(=O)c2cc(OC)c(Oc3ccccc3)cn2)CC1. The molecule has 1 aliphatic heterocycles. The second-order valence-corrected chi connectivity index (χ2v) is 8.20. The van der Waals surface area contributed by atoms with Gasteiger partial charge in [0, 0.05) is 37.0 Å². The topological polar surface area (TPSA) is 99.8 Å². The molecule has 0 radical (unpaired) electrons. The maximum Gasteiger partial charge on any atom is 0.272 e. The minimum Gasteiger partial charge on any atom is -0.493 e. The monoisotopic (exact) mass is 462 g/mol. The van der Waals surface area contributed by atoms with Gasteiger partial charge >= 0.3 is 0 Å². The average molecular weight is 463 g/mol. The lowest BCUT2D eigenvalue weighted by atomic mass is 9.89. The summed E-state index contributed by atoms with van der Waals surface area (Å²) in [6.45, 7) is 3.93. The summed E-state index contributed by atoms with van der Waals surface area (Å²) in [4.78, 5) is 23.6. The Labute approximate surface area is 199 Å². The van der Waals surface area contributed by atoms with E-state index in [0.29, 0.717) is 48.5 Å². The van der Waals surface area contributed by atoms with E-state index in [4.69, 9.17) is 19.9 Å². The number of carbonyl (C=O) groups excluding carboxylic acids is 1. The molecule has 0 unspecified atom stereocenters. The fraction of sp³-hybridized carbons (Fsp3) is 0.346. The third kappa shape index (κ3) is 5.39. The molecule has 2 N–H and O–H groups in total. The summed E-state index contributed by atoms with van der Waals surface area (Å²) in [5.41, 5.74) is 7.25. The number of amides is 1. The van der Waals surface area contributed by atoms with Gasteiger partial charge in [0.15, 0.2) is 11.5 Å². The number of pyridine rings is 2. The van der Waals surface area contributed by atoms with E-state index in [2.05, 4.69) is 16.9 Å². The predicted octanol–water partition coefficient (Wildman–Crippen LogP) is 4.67. The molecule has 1 fully saturated rings. The summed E-state index contributed by atoms with van der Waals surface area (Å²) in [6, 6.07) is 12.8. The van der Waals surface area contributed by atoms with Crippen LogP contribution in [-0.4, -0.2) is 47.6 Å². The van der Waals surface area contributed by atoms with Crippen LogP contribution in [0.25, 0.3) is 0 Å². The van der Waals surface area contributed by atoms with Crippen molar-refractivity contribution in [3.63, 3.8) is 0 Å². The Morgan fingerprint density at radius 2 is 1.82 bits per heavy atom. The number of para-hydroxylation sites is 1. The minimum absolute atomic E-state index is 0.124. The Kier molecular flexibility index (Phi) is 7.47. The molecule has 3 heterocycles. The largest absolute Gasteiger partial charge is 0.493 e. The van der Waals surface area contributed by atoms with Gasteiger partial charge in [-0.05, 0) is 37.3 Å². The van der Waals surface area contributed by atoms with E-state index in [-0.39, 0.29) is 11.8 Å². The standard InChI is InChI=1S/C26H30N4O4/c1-3-13-33-22-15-25(27)29-16-20(22)18-9-11-30(12-10-18)26(31)21-14-23(32-2)24(17-28-21)34-19-7-5-4-6-8-19/h4-8,14-18H,3,9-13H2,1-2H3,(H2,27,29). The van der Waals surface area contributed by atoms with Gasteiger partial charge in [-0.25, -0.2) is 9.97 Å². The number of nitrogens with two attached hydrogens (primary N) is 1. The molecule has 34 heavy (non-hydrogen) atoms. The van der Waals surface area contributed by atoms with Crippen molar-refractivity contribution in [2.24, 2.45) is 0 Å². The Morgan fingerprint density at radius 1 is 1.06 bits per heavy atom. The molecule has 0 saturated carbocycles. The average Bonchev–Trinajstić information content (AvgIpc) is 2.88. The van der Waals surface area contributed by atoms with E-state index in [9.17, 15) is 4.79 Å². The zero-order valence-corrected chi connectivity index (χ0v) is 19.6. The van der Waals surface area contributed by atoms with Gasteiger partial charge in [-0.2, -0.15) is 0 Å². The molecule has 8 heteroatoms. The van der Waals surface area contributed by atoms with Crippen LogP contribution in [0.1, 0.15) is 48.2 Å². The predicted molar refractivity (Wildman–Crippen MR) is 130 cm³/mol. The van der Waals surface area contributed by atoms with Gasteiger partial charge in [-0.3, -0.25) is 4.79 Å². The molecule has 0 aliphatic carbocycles. The fourth-order valence-electron chi connectivity index (χ4n) is 4.05. The van der Waals surface area contributed by atoms with Crippen LogP contribution in [-0.2, 0) is 0 Å². The van der Waals surface area contributed by atoms with Crippen molar-refractivity contribution in [1.29, 1.82) is 0 Å². The number of piperidine rings is 1. The van der Waals surface area contributed by atoms with Crippen LogP contribution in [0.15, 0.2) is 54.9 Å². The van der Waals surface area contributed by atoms with E-state index in [0.717, 1.165) is 30.6 Å². The highest BCUT2D eigenvalue weighted by molar-refractivity contribution is 5.93. The Bertz CT molecular complexity index is 1120. The lowest BCUT2D eigenvalue weighted by molar-refractivity contribution is 0.0706. The summed E-state index contributed by atoms with van der Waals surface area (Å²) in [6.07, 6.45) is 5.88. The number of aromatic nitrogens is 2. The summed E-state index contributed by atoms with van der Waals surface area (Å²) in [5, 5.41) is 0. The van der Waals surface area contributed by atoms with E-state index >= 15 is 0 Å². The van der Waals surface area contributed by atoms with Crippen molar-refractivity contribution in [3.8, 4) is 23.0 Å². The first-order valence-corrected chi connectivity index (χ1v) is 11.5. The Hall–Kier alpha value is -3.81. The Morgan fingerprint density at radius 3 is 2.53 bits per heavy atom. The summed E-state index contributed by atoms with van der Waals surface area (Å²) in [5.74, 6) is 2.96. The first kappa shape index (κ1) is 23.4. The number of benzene rings is 1. The van der Waals surface area contributed by atoms with Crippen LogP contribution in [0.5, 0.6) is 23.0 Å². The number of carbonyl (C=O) groups is 1. The van der Waals surface area contributed by atoms with Gasteiger partial charge in [0.05, 0.1) is 19.9 Å². The third-order valence-corrected chi connectivity index (χ3v) is 5.84. The summed E-state index contributed by atoms with van der Waals surface area (Å²) >= 11 is 0. The van der Waals surface area contributed by atoms with Crippen LogP contribution < -0.4 is 19.9 Å². The van der Waals surface area contributed by atoms with Crippen molar-refractivity contribution in [2.75, 3.05) is 32.5 Å². The van der Waals surface area contributed by atoms with Crippen LogP contribution >= 0.6 is 0 Å². The second kappa shape index (κ2) is 10.9. The normalized spacial score (nSPS) is 14.0. The van der Waals surface area contributed by atoms with Gasteiger partial charge in [0.2, 0.25) is 0 Å². The van der Waals surface area contributed by atoms with Crippen LogP contribution in [0.3, 0.4) is 0 Å². The van der Waals surface area contributed by atoms with E-state index < -0.39 is 0 Å². The zero-order chi connectivity index (χ0) is 23.9. The molecule has 1 aromatic carbocycles. The maximum atomic E-state index is 13.1. The van der Waals surface area contributed by atoms with Gasteiger partial charge in [0.25, 0.3) is 5.91 Å². The fourth-order valence-corrected chi connectivity index (χ4v) is 4.05. The Balaban J connectivity index is 1.43. The van der Waals surface area contributed by atoms with Crippen molar-refractivity contribution in [3.05, 3.63) is 66.1 Å².